The monoisotopic (exact) mass is 255 g/mol. The molecule has 0 heterocycles. The van der Waals surface area contributed by atoms with Crippen molar-refractivity contribution < 1.29 is 4.74 Å². The first kappa shape index (κ1) is 14.3. The second-order valence-corrected chi connectivity index (χ2v) is 4.49. The van der Waals surface area contributed by atoms with Gasteiger partial charge < -0.3 is 10.1 Å². The van der Waals surface area contributed by atoms with Gasteiger partial charge in [0.2, 0.25) is 0 Å². The summed E-state index contributed by atoms with van der Waals surface area (Å²) in [6.07, 6.45) is 4.74. The van der Waals surface area contributed by atoms with Crippen LogP contribution in [0.3, 0.4) is 0 Å². The third-order valence-corrected chi connectivity index (χ3v) is 3.35. The zero-order valence-corrected chi connectivity index (χ0v) is 11.5. The molecule has 96 valence electrons. The Kier molecular flexibility index (Phi) is 5.79. The van der Waals surface area contributed by atoms with Crippen LogP contribution in [0.4, 0.5) is 0 Å². The summed E-state index contributed by atoms with van der Waals surface area (Å²) in [5.74, 6) is 1.06. The Hall–Kier alpha value is -0.730. The zero-order chi connectivity index (χ0) is 11.4. The summed E-state index contributed by atoms with van der Waals surface area (Å²) < 4.78 is 5.44. The fourth-order valence-corrected chi connectivity index (χ4v) is 2.47. The number of rotatable bonds is 4. The average Bonchev–Trinajstić information content (AvgIpc) is 2.35. The molecule has 0 saturated heterocycles. The lowest BCUT2D eigenvalue weighted by Crippen LogP contribution is -2.35. The van der Waals surface area contributed by atoms with Gasteiger partial charge in [-0.15, -0.1) is 12.4 Å². The molecule has 0 bridgehead atoms. The summed E-state index contributed by atoms with van der Waals surface area (Å²) in [4.78, 5) is 0. The van der Waals surface area contributed by atoms with Crippen molar-refractivity contribution >= 4 is 12.4 Å². The summed E-state index contributed by atoms with van der Waals surface area (Å²) in [6.45, 7) is 3.33. The van der Waals surface area contributed by atoms with E-state index in [1.807, 2.05) is 0 Å². The number of halogens is 1. The molecule has 0 saturated carbocycles. The Morgan fingerprint density at radius 1 is 1.41 bits per heavy atom. The van der Waals surface area contributed by atoms with Crippen LogP contribution in [0, 0.1) is 0 Å². The first-order valence-corrected chi connectivity index (χ1v) is 6.23. The standard InChI is InChI=1S/C14H21NO.ClH/c1-3-9-15-12-8-7-11-5-4-6-14(16-2)13(11)10-12;/h4-6,12,15H,3,7-10H2,1-2H3;1H. The van der Waals surface area contributed by atoms with E-state index in [9.17, 15) is 0 Å². The predicted octanol–water partition coefficient (Wildman–Crippen LogP) is 2.97. The quantitative estimate of drug-likeness (QED) is 0.893. The van der Waals surface area contributed by atoms with E-state index < -0.39 is 0 Å². The van der Waals surface area contributed by atoms with E-state index in [1.165, 1.54) is 30.4 Å². The summed E-state index contributed by atoms with van der Waals surface area (Å²) in [6, 6.07) is 7.02. The molecule has 1 aromatic carbocycles. The first-order valence-electron chi connectivity index (χ1n) is 6.23. The zero-order valence-electron chi connectivity index (χ0n) is 10.7. The molecule has 2 rings (SSSR count). The van der Waals surface area contributed by atoms with E-state index in [0.717, 1.165) is 18.7 Å². The Labute approximate surface area is 110 Å². The number of methoxy groups -OCH3 is 1. The van der Waals surface area contributed by atoms with Gasteiger partial charge in [0, 0.05) is 6.04 Å². The minimum atomic E-state index is 0. The van der Waals surface area contributed by atoms with Crippen molar-refractivity contribution in [2.75, 3.05) is 13.7 Å². The molecule has 0 spiro atoms. The summed E-state index contributed by atoms with van der Waals surface area (Å²) in [5, 5.41) is 3.61. The lowest BCUT2D eigenvalue weighted by molar-refractivity contribution is 0.394. The van der Waals surface area contributed by atoms with Gasteiger partial charge in [0.15, 0.2) is 0 Å². The summed E-state index contributed by atoms with van der Waals surface area (Å²) in [5.41, 5.74) is 2.87. The number of aryl methyl sites for hydroxylation is 1. The van der Waals surface area contributed by atoms with Crippen LogP contribution in [0.2, 0.25) is 0 Å². The summed E-state index contributed by atoms with van der Waals surface area (Å²) in [7, 11) is 1.76. The van der Waals surface area contributed by atoms with Gasteiger partial charge in [-0.25, -0.2) is 0 Å². The maximum atomic E-state index is 5.44. The highest BCUT2D eigenvalue weighted by atomic mass is 35.5. The maximum Gasteiger partial charge on any atom is 0.122 e. The molecule has 0 radical (unpaired) electrons. The van der Waals surface area contributed by atoms with Crippen LogP contribution in [0.15, 0.2) is 18.2 Å². The smallest absolute Gasteiger partial charge is 0.122 e. The largest absolute Gasteiger partial charge is 0.496 e. The molecule has 2 nitrogen and oxygen atoms in total. The second kappa shape index (κ2) is 6.87. The molecule has 1 N–H and O–H groups in total. The Balaban J connectivity index is 0.00000144. The van der Waals surface area contributed by atoms with Gasteiger partial charge >= 0.3 is 0 Å². The SMILES string of the molecule is CCCNC1CCc2cccc(OC)c2C1.Cl. The number of benzene rings is 1. The first-order chi connectivity index (χ1) is 7.85. The summed E-state index contributed by atoms with van der Waals surface area (Å²) >= 11 is 0. The second-order valence-electron chi connectivity index (χ2n) is 4.49. The van der Waals surface area contributed by atoms with Crippen molar-refractivity contribution in [3.05, 3.63) is 29.3 Å². The van der Waals surface area contributed by atoms with Crippen LogP contribution in [0.1, 0.15) is 30.9 Å². The molecule has 1 aliphatic rings. The molecule has 0 aromatic heterocycles. The molecular formula is C14H22ClNO. The molecular weight excluding hydrogens is 234 g/mol. The lowest BCUT2D eigenvalue weighted by Gasteiger charge is -2.26. The highest BCUT2D eigenvalue weighted by Crippen LogP contribution is 2.29. The molecule has 1 unspecified atom stereocenters. The van der Waals surface area contributed by atoms with Crippen LogP contribution in [-0.2, 0) is 12.8 Å². The third-order valence-electron chi connectivity index (χ3n) is 3.35. The van der Waals surface area contributed by atoms with Gasteiger partial charge in [0.1, 0.15) is 5.75 Å². The van der Waals surface area contributed by atoms with E-state index in [-0.39, 0.29) is 12.4 Å². The number of nitrogens with one attached hydrogen (secondary N) is 1. The minimum Gasteiger partial charge on any atom is -0.496 e. The van der Waals surface area contributed by atoms with Crippen LogP contribution in [0.5, 0.6) is 5.75 Å². The molecule has 0 amide bonds. The van der Waals surface area contributed by atoms with Crippen LogP contribution in [0.25, 0.3) is 0 Å². The fourth-order valence-electron chi connectivity index (χ4n) is 2.47. The van der Waals surface area contributed by atoms with Gasteiger partial charge in [-0.1, -0.05) is 19.1 Å². The lowest BCUT2D eigenvalue weighted by atomic mass is 9.87. The Morgan fingerprint density at radius 3 is 2.94 bits per heavy atom. The molecule has 0 aliphatic heterocycles. The van der Waals surface area contributed by atoms with Crippen LogP contribution >= 0.6 is 12.4 Å². The van der Waals surface area contributed by atoms with E-state index in [1.54, 1.807) is 7.11 Å². The third kappa shape index (κ3) is 3.36. The van der Waals surface area contributed by atoms with Crippen LogP contribution in [-0.4, -0.2) is 19.7 Å². The average molecular weight is 256 g/mol. The Morgan fingerprint density at radius 2 is 2.24 bits per heavy atom. The van der Waals surface area contributed by atoms with E-state index in [4.69, 9.17) is 4.74 Å². The van der Waals surface area contributed by atoms with Crippen molar-refractivity contribution in [2.24, 2.45) is 0 Å². The number of fused-ring (bicyclic) bond motifs is 1. The maximum absolute atomic E-state index is 5.44. The molecule has 17 heavy (non-hydrogen) atoms. The topological polar surface area (TPSA) is 21.3 Å². The Bertz CT molecular complexity index is 340. The van der Waals surface area contributed by atoms with E-state index >= 15 is 0 Å². The van der Waals surface area contributed by atoms with Crippen molar-refractivity contribution in [1.29, 1.82) is 0 Å². The molecule has 1 aromatic rings. The van der Waals surface area contributed by atoms with Crippen LogP contribution < -0.4 is 10.1 Å². The van der Waals surface area contributed by atoms with Crippen molar-refractivity contribution in [3.8, 4) is 5.75 Å². The fraction of sp³-hybridized carbons (Fsp3) is 0.571. The number of hydrogen-bond donors (Lipinski definition) is 1. The molecule has 1 atom stereocenters. The number of ether oxygens (including phenoxy) is 1. The van der Waals surface area contributed by atoms with Crippen molar-refractivity contribution in [3.63, 3.8) is 0 Å². The van der Waals surface area contributed by atoms with E-state index in [2.05, 4.69) is 30.4 Å². The van der Waals surface area contributed by atoms with Gasteiger partial charge in [-0.2, -0.15) is 0 Å². The molecule has 3 heteroatoms. The highest BCUT2D eigenvalue weighted by Gasteiger charge is 2.20. The van der Waals surface area contributed by atoms with Gasteiger partial charge in [0.05, 0.1) is 7.11 Å². The molecule has 0 fully saturated rings. The molecule has 1 aliphatic carbocycles. The van der Waals surface area contributed by atoms with E-state index in [0.29, 0.717) is 6.04 Å². The number of hydrogen-bond acceptors (Lipinski definition) is 2. The minimum absolute atomic E-state index is 0. The van der Waals surface area contributed by atoms with Crippen molar-refractivity contribution in [1.82, 2.24) is 5.32 Å². The van der Waals surface area contributed by atoms with Gasteiger partial charge in [0.25, 0.3) is 0 Å². The highest BCUT2D eigenvalue weighted by molar-refractivity contribution is 5.85. The van der Waals surface area contributed by atoms with Gasteiger partial charge in [-0.05, 0) is 49.4 Å². The predicted molar refractivity (Wildman–Crippen MR) is 74.3 cm³/mol. The van der Waals surface area contributed by atoms with Gasteiger partial charge in [-0.3, -0.25) is 0 Å². The normalized spacial score (nSPS) is 18.1. The van der Waals surface area contributed by atoms with Crippen molar-refractivity contribution in [2.45, 2.75) is 38.6 Å².